The van der Waals surface area contributed by atoms with E-state index in [1.54, 1.807) is 6.07 Å². The molecule has 0 aromatic heterocycles. The highest BCUT2D eigenvalue weighted by Gasteiger charge is 2.10. The van der Waals surface area contributed by atoms with Crippen molar-refractivity contribution in [2.45, 2.75) is 26.4 Å². The number of nitrogens with zero attached hydrogens (tertiary/aromatic N) is 1. The van der Waals surface area contributed by atoms with E-state index in [9.17, 15) is 4.39 Å². The van der Waals surface area contributed by atoms with E-state index < -0.39 is 0 Å². The van der Waals surface area contributed by atoms with Crippen molar-refractivity contribution in [2.75, 3.05) is 11.9 Å². The summed E-state index contributed by atoms with van der Waals surface area (Å²) in [7, 11) is 1.96. The van der Waals surface area contributed by atoms with E-state index in [4.69, 9.17) is 5.73 Å². The maximum Gasteiger partial charge on any atom is 0.129 e. The maximum absolute atomic E-state index is 13.7. The summed E-state index contributed by atoms with van der Waals surface area (Å²) in [6.07, 6.45) is 1.04. The van der Waals surface area contributed by atoms with Crippen LogP contribution in [0, 0.1) is 5.82 Å². The summed E-state index contributed by atoms with van der Waals surface area (Å²) in [5, 5.41) is 0. The molecule has 2 rings (SSSR count). The van der Waals surface area contributed by atoms with Gasteiger partial charge in [0.05, 0.1) is 0 Å². The van der Waals surface area contributed by atoms with Gasteiger partial charge in [-0.25, -0.2) is 4.39 Å². The summed E-state index contributed by atoms with van der Waals surface area (Å²) in [5.41, 5.74) is 9.61. The van der Waals surface area contributed by atoms with Gasteiger partial charge in [-0.2, -0.15) is 0 Å². The van der Waals surface area contributed by atoms with Crippen molar-refractivity contribution in [2.24, 2.45) is 5.73 Å². The quantitative estimate of drug-likeness (QED) is 0.903. The zero-order chi connectivity index (χ0) is 14.5. The molecule has 0 saturated heterocycles. The van der Waals surface area contributed by atoms with Gasteiger partial charge in [-0.05, 0) is 29.7 Å². The van der Waals surface area contributed by atoms with Gasteiger partial charge in [-0.1, -0.05) is 37.3 Å². The lowest BCUT2D eigenvalue weighted by molar-refractivity contribution is 0.609. The number of aryl methyl sites for hydroxylation is 1. The number of hydrogen-bond acceptors (Lipinski definition) is 2. The Balaban J connectivity index is 2.19. The van der Waals surface area contributed by atoms with Gasteiger partial charge in [0.15, 0.2) is 0 Å². The van der Waals surface area contributed by atoms with Gasteiger partial charge in [0.1, 0.15) is 5.82 Å². The zero-order valence-corrected chi connectivity index (χ0v) is 12.1. The van der Waals surface area contributed by atoms with Crippen molar-refractivity contribution in [3.8, 4) is 0 Å². The Hall–Kier alpha value is -1.87. The molecule has 20 heavy (non-hydrogen) atoms. The highest BCUT2D eigenvalue weighted by atomic mass is 19.1. The molecule has 0 bridgehead atoms. The fraction of sp³-hybridized carbons (Fsp3) is 0.294. The van der Waals surface area contributed by atoms with Gasteiger partial charge in [0.25, 0.3) is 0 Å². The average molecular weight is 272 g/mol. The number of anilines is 1. The van der Waals surface area contributed by atoms with Crippen LogP contribution in [0.5, 0.6) is 0 Å². The van der Waals surface area contributed by atoms with Gasteiger partial charge in [-0.15, -0.1) is 0 Å². The molecule has 0 fully saturated rings. The Labute approximate surface area is 120 Å². The van der Waals surface area contributed by atoms with E-state index in [0.717, 1.165) is 18.7 Å². The molecule has 2 nitrogen and oxygen atoms in total. The van der Waals surface area contributed by atoms with Gasteiger partial charge in [0, 0.05) is 31.4 Å². The van der Waals surface area contributed by atoms with Crippen molar-refractivity contribution in [1.82, 2.24) is 0 Å². The molecule has 0 atom stereocenters. The van der Waals surface area contributed by atoms with Crippen LogP contribution < -0.4 is 10.6 Å². The average Bonchev–Trinajstić information content (AvgIpc) is 2.47. The first-order chi connectivity index (χ1) is 9.65. The van der Waals surface area contributed by atoms with Crippen LogP contribution in [0.15, 0.2) is 42.5 Å². The fourth-order valence-corrected chi connectivity index (χ4v) is 2.35. The van der Waals surface area contributed by atoms with Crippen LogP contribution in [0.4, 0.5) is 10.1 Å². The van der Waals surface area contributed by atoms with Crippen LogP contribution in [-0.4, -0.2) is 7.05 Å². The first kappa shape index (κ1) is 14.5. The molecule has 0 amide bonds. The molecular formula is C17H21FN2. The number of halogens is 1. The minimum absolute atomic E-state index is 0.209. The third kappa shape index (κ3) is 3.17. The number of nitrogens with two attached hydrogens (primary N) is 1. The fourth-order valence-electron chi connectivity index (χ4n) is 2.35. The molecular weight excluding hydrogens is 251 g/mol. The van der Waals surface area contributed by atoms with Crippen molar-refractivity contribution in [3.63, 3.8) is 0 Å². The van der Waals surface area contributed by atoms with Crippen molar-refractivity contribution < 1.29 is 4.39 Å². The first-order valence-electron chi connectivity index (χ1n) is 6.92. The molecule has 0 aliphatic heterocycles. The molecule has 2 aromatic rings. The first-order valence-corrected chi connectivity index (χ1v) is 6.92. The third-order valence-corrected chi connectivity index (χ3v) is 3.56. The summed E-state index contributed by atoms with van der Waals surface area (Å²) in [5.74, 6) is -0.238. The lowest BCUT2D eigenvalue weighted by Crippen LogP contribution is -2.19. The van der Waals surface area contributed by atoms with Gasteiger partial charge >= 0.3 is 0 Å². The van der Waals surface area contributed by atoms with Crippen LogP contribution in [0.2, 0.25) is 0 Å². The molecule has 106 valence electrons. The van der Waals surface area contributed by atoms with E-state index in [-0.39, 0.29) is 12.4 Å². The second kappa shape index (κ2) is 6.53. The highest BCUT2D eigenvalue weighted by molar-refractivity contribution is 5.54. The van der Waals surface area contributed by atoms with Gasteiger partial charge in [0.2, 0.25) is 0 Å². The molecule has 0 spiro atoms. The molecule has 2 N–H and O–H groups in total. The van der Waals surface area contributed by atoms with E-state index in [1.165, 1.54) is 17.2 Å². The maximum atomic E-state index is 13.7. The van der Waals surface area contributed by atoms with Crippen LogP contribution in [0.3, 0.4) is 0 Å². The van der Waals surface area contributed by atoms with Crippen molar-refractivity contribution in [1.29, 1.82) is 0 Å². The van der Waals surface area contributed by atoms with Gasteiger partial charge < -0.3 is 10.6 Å². The molecule has 0 heterocycles. The van der Waals surface area contributed by atoms with E-state index in [1.807, 2.05) is 18.0 Å². The Kier molecular flexibility index (Phi) is 4.74. The summed E-state index contributed by atoms with van der Waals surface area (Å²) in [4.78, 5) is 2.03. The smallest absolute Gasteiger partial charge is 0.129 e. The van der Waals surface area contributed by atoms with Crippen LogP contribution in [-0.2, 0) is 19.5 Å². The minimum Gasteiger partial charge on any atom is -0.370 e. The second-order valence-corrected chi connectivity index (χ2v) is 4.97. The van der Waals surface area contributed by atoms with Gasteiger partial charge in [-0.3, -0.25) is 0 Å². The molecule has 0 aliphatic rings. The number of rotatable bonds is 5. The summed E-state index contributed by atoms with van der Waals surface area (Å²) < 4.78 is 13.7. The monoisotopic (exact) mass is 272 g/mol. The predicted molar refractivity (Wildman–Crippen MR) is 82.2 cm³/mol. The normalized spacial score (nSPS) is 10.6. The minimum atomic E-state index is -0.238. The molecule has 0 saturated carbocycles. The molecule has 0 unspecified atom stereocenters. The molecule has 2 aromatic carbocycles. The molecule has 3 heteroatoms. The van der Waals surface area contributed by atoms with E-state index in [0.29, 0.717) is 5.56 Å². The predicted octanol–water partition coefficient (Wildman–Crippen LogP) is 3.48. The van der Waals surface area contributed by atoms with Crippen LogP contribution >= 0.6 is 0 Å². The Morgan fingerprint density at radius 1 is 1.05 bits per heavy atom. The second-order valence-electron chi connectivity index (χ2n) is 4.97. The van der Waals surface area contributed by atoms with Crippen molar-refractivity contribution in [3.05, 3.63) is 65.0 Å². The number of benzene rings is 2. The van der Waals surface area contributed by atoms with Crippen molar-refractivity contribution >= 4 is 5.69 Å². The largest absolute Gasteiger partial charge is 0.370 e. The topological polar surface area (TPSA) is 29.3 Å². The summed E-state index contributed by atoms with van der Waals surface area (Å²) in [6.45, 7) is 3.09. The van der Waals surface area contributed by atoms with E-state index in [2.05, 4.69) is 31.2 Å². The van der Waals surface area contributed by atoms with Crippen LogP contribution in [0.25, 0.3) is 0 Å². The molecule has 0 radical (unpaired) electrons. The highest BCUT2D eigenvalue weighted by Crippen LogP contribution is 2.23. The third-order valence-electron chi connectivity index (χ3n) is 3.56. The van der Waals surface area contributed by atoms with E-state index >= 15 is 0 Å². The lowest BCUT2D eigenvalue weighted by atomic mass is 10.1. The number of hydrogen-bond donors (Lipinski definition) is 1. The standard InChI is InChI=1S/C17H21FN2/c1-3-13-7-9-14(10-8-13)12-20(2)17-6-4-5-16(18)15(17)11-19/h4-10H,3,11-12,19H2,1-2H3. The summed E-state index contributed by atoms with van der Waals surface area (Å²) in [6, 6.07) is 13.6. The Morgan fingerprint density at radius 3 is 2.30 bits per heavy atom. The summed E-state index contributed by atoms with van der Waals surface area (Å²) >= 11 is 0. The Bertz CT molecular complexity index is 564. The molecule has 0 aliphatic carbocycles. The van der Waals surface area contributed by atoms with Crippen LogP contribution in [0.1, 0.15) is 23.6 Å². The SMILES string of the molecule is CCc1ccc(CN(C)c2cccc(F)c2CN)cc1. The lowest BCUT2D eigenvalue weighted by Gasteiger charge is -2.22. The Morgan fingerprint density at radius 2 is 1.70 bits per heavy atom. The zero-order valence-electron chi connectivity index (χ0n) is 12.1.